The molecule has 19 heavy (non-hydrogen) atoms. The molecule has 5 nitrogen and oxygen atoms in total. The molecule has 0 radical (unpaired) electrons. The highest BCUT2D eigenvalue weighted by Crippen LogP contribution is 2.19. The maximum Gasteiger partial charge on any atom is 0.151 e. The van der Waals surface area contributed by atoms with Gasteiger partial charge in [-0.05, 0) is 24.5 Å². The lowest BCUT2D eigenvalue weighted by Crippen LogP contribution is -2.23. The van der Waals surface area contributed by atoms with Gasteiger partial charge in [0.15, 0.2) is 5.82 Å². The van der Waals surface area contributed by atoms with E-state index in [9.17, 15) is 0 Å². The Hall–Kier alpha value is -1.27. The molecular weight excluding hydrogens is 258 g/mol. The summed E-state index contributed by atoms with van der Waals surface area (Å²) in [6, 6.07) is 0. The molecule has 0 saturated carbocycles. The zero-order valence-corrected chi connectivity index (χ0v) is 12.3. The van der Waals surface area contributed by atoms with Crippen LogP contribution in [0.3, 0.4) is 0 Å². The highest BCUT2D eigenvalue weighted by Gasteiger charge is 2.09. The van der Waals surface area contributed by atoms with Crippen molar-refractivity contribution in [3.63, 3.8) is 0 Å². The molecule has 4 N–H and O–H groups in total. The van der Waals surface area contributed by atoms with E-state index < -0.39 is 0 Å². The number of nitrogens with two attached hydrogens (primary N) is 1. The maximum absolute atomic E-state index is 5.80. The second-order valence-electron chi connectivity index (χ2n) is 4.66. The molecule has 2 aromatic rings. The number of hydrogen-bond donors (Lipinski definition) is 3. The zero-order valence-electron chi connectivity index (χ0n) is 11.4. The third-order valence-electron chi connectivity index (χ3n) is 3.30. The topological polar surface area (TPSA) is 79.6 Å². The summed E-state index contributed by atoms with van der Waals surface area (Å²) in [5, 5.41) is 3.50. The first-order valence-corrected chi connectivity index (χ1v) is 7.91. The van der Waals surface area contributed by atoms with Gasteiger partial charge in [0, 0.05) is 18.3 Å². The van der Waals surface area contributed by atoms with E-state index in [2.05, 4.69) is 33.4 Å². The summed E-state index contributed by atoms with van der Waals surface area (Å²) in [6.07, 6.45) is 6.83. The Morgan fingerprint density at radius 1 is 1.47 bits per heavy atom. The van der Waals surface area contributed by atoms with E-state index in [-0.39, 0.29) is 0 Å². The number of nitrogen functional groups attached to an aromatic ring is 1. The van der Waals surface area contributed by atoms with Gasteiger partial charge in [-0.3, -0.25) is 0 Å². The molecule has 104 valence electrons. The molecule has 2 aromatic heterocycles. The molecule has 0 unspecified atom stereocenters. The first-order valence-electron chi connectivity index (χ1n) is 6.52. The van der Waals surface area contributed by atoms with Gasteiger partial charge >= 0.3 is 0 Å². The van der Waals surface area contributed by atoms with Crippen LogP contribution in [0.25, 0.3) is 11.0 Å². The molecule has 0 aliphatic carbocycles. The first kappa shape index (κ1) is 14.1. The molecule has 0 aliphatic rings. The SMILES string of the molecule is CC[C@H](CNCc1c[nH]c2c(N)ncnc12)CSC. The van der Waals surface area contributed by atoms with Gasteiger partial charge in [-0.1, -0.05) is 13.3 Å². The Kier molecular flexibility index (Phi) is 5.04. The molecular formula is C13H21N5S. The van der Waals surface area contributed by atoms with E-state index in [0.29, 0.717) is 5.82 Å². The van der Waals surface area contributed by atoms with E-state index in [1.54, 1.807) is 0 Å². The number of anilines is 1. The second kappa shape index (κ2) is 6.77. The number of H-pyrrole nitrogens is 1. The third kappa shape index (κ3) is 3.39. The van der Waals surface area contributed by atoms with Crippen molar-refractivity contribution in [2.75, 3.05) is 24.3 Å². The molecule has 1 atom stereocenters. The molecule has 6 heteroatoms. The number of hydrogen-bond acceptors (Lipinski definition) is 5. The van der Waals surface area contributed by atoms with Crippen molar-refractivity contribution >= 4 is 28.6 Å². The van der Waals surface area contributed by atoms with E-state index in [1.807, 2.05) is 18.0 Å². The number of thioether (sulfide) groups is 1. The molecule has 0 amide bonds. The number of aromatic nitrogens is 3. The summed E-state index contributed by atoms with van der Waals surface area (Å²) in [4.78, 5) is 11.4. The van der Waals surface area contributed by atoms with Crippen molar-refractivity contribution in [2.45, 2.75) is 19.9 Å². The highest BCUT2D eigenvalue weighted by atomic mass is 32.2. The molecule has 0 aliphatic heterocycles. The largest absolute Gasteiger partial charge is 0.382 e. The number of fused-ring (bicyclic) bond motifs is 1. The van der Waals surface area contributed by atoms with E-state index in [0.717, 1.165) is 35.6 Å². The summed E-state index contributed by atoms with van der Waals surface area (Å²) in [7, 11) is 0. The highest BCUT2D eigenvalue weighted by molar-refractivity contribution is 7.98. The first-order chi connectivity index (χ1) is 9.26. The van der Waals surface area contributed by atoms with Gasteiger partial charge in [-0.15, -0.1) is 0 Å². The van der Waals surface area contributed by atoms with E-state index in [1.165, 1.54) is 18.5 Å². The summed E-state index contributed by atoms with van der Waals surface area (Å²) < 4.78 is 0. The van der Waals surface area contributed by atoms with Crippen molar-refractivity contribution in [3.8, 4) is 0 Å². The van der Waals surface area contributed by atoms with Crippen LogP contribution >= 0.6 is 11.8 Å². The van der Waals surface area contributed by atoms with Crippen molar-refractivity contribution in [1.29, 1.82) is 0 Å². The summed E-state index contributed by atoms with van der Waals surface area (Å²) in [5.41, 5.74) is 8.69. The lowest BCUT2D eigenvalue weighted by Gasteiger charge is -2.13. The van der Waals surface area contributed by atoms with Gasteiger partial charge in [0.25, 0.3) is 0 Å². The monoisotopic (exact) mass is 279 g/mol. The fourth-order valence-corrected chi connectivity index (χ4v) is 2.94. The van der Waals surface area contributed by atoms with Crippen LogP contribution in [0.2, 0.25) is 0 Å². The zero-order chi connectivity index (χ0) is 13.7. The van der Waals surface area contributed by atoms with Crippen LogP contribution < -0.4 is 11.1 Å². The number of rotatable bonds is 7. The summed E-state index contributed by atoms with van der Waals surface area (Å²) >= 11 is 1.90. The Morgan fingerprint density at radius 2 is 2.32 bits per heavy atom. The quantitative estimate of drug-likeness (QED) is 0.722. The van der Waals surface area contributed by atoms with Crippen LogP contribution in [0, 0.1) is 5.92 Å². The molecule has 0 fully saturated rings. The van der Waals surface area contributed by atoms with Crippen LogP contribution in [0.1, 0.15) is 18.9 Å². The fraction of sp³-hybridized carbons (Fsp3) is 0.538. The van der Waals surface area contributed by atoms with Crippen LogP contribution in [0.5, 0.6) is 0 Å². The van der Waals surface area contributed by atoms with Gasteiger partial charge in [-0.25, -0.2) is 9.97 Å². The van der Waals surface area contributed by atoms with Crippen molar-refractivity contribution < 1.29 is 0 Å². The second-order valence-corrected chi connectivity index (χ2v) is 5.57. The minimum atomic E-state index is 0.505. The van der Waals surface area contributed by atoms with Gasteiger partial charge in [0.05, 0.1) is 5.52 Å². The lowest BCUT2D eigenvalue weighted by molar-refractivity contribution is 0.508. The Bertz CT molecular complexity index is 525. The maximum atomic E-state index is 5.80. The van der Waals surface area contributed by atoms with Crippen molar-refractivity contribution in [3.05, 3.63) is 18.1 Å². The minimum absolute atomic E-state index is 0.505. The minimum Gasteiger partial charge on any atom is -0.382 e. The Labute approximate surface area is 117 Å². The van der Waals surface area contributed by atoms with Crippen LogP contribution in [-0.2, 0) is 6.54 Å². The van der Waals surface area contributed by atoms with E-state index >= 15 is 0 Å². The molecule has 0 aromatic carbocycles. The number of aromatic amines is 1. The van der Waals surface area contributed by atoms with Crippen molar-refractivity contribution in [2.24, 2.45) is 5.92 Å². The van der Waals surface area contributed by atoms with E-state index in [4.69, 9.17) is 5.73 Å². The Morgan fingerprint density at radius 3 is 3.05 bits per heavy atom. The normalized spacial score (nSPS) is 12.9. The molecule has 0 spiro atoms. The number of nitrogens with zero attached hydrogens (tertiary/aromatic N) is 2. The molecule has 0 bridgehead atoms. The van der Waals surface area contributed by atoms with Gasteiger partial charge in [0.1, 0.15) is 11.8 Å². The molecule has 2 heterocycles. The number of nitrogens with one attached hydrogen (secondary N) is 2. The standard InChI is InChI=1S/C13H21N5S/c1-3-9(7-19-2)4-15-5-10-6-16-12-11(10)17-8-18-13(12)14/h6,8-9,15-16H,3-5,7H2,1-2H3,(H2,14,17,18)/t9-/m1/s1. The smallest absolute Gasteiger partial charge is 0.151 e. The van der Waals surface area contributed by atoms with Gasteiger partial charge in [-0.2, -0.15) is 11.8 Å². The fourth-order valence-electron chi connectivity index (χ4n) is 2.12. The predicted molar refractivity (Wildman–Crippen MR) is 82.2 cm³/mol. The third-order valence-corrected chi connectivity index (χ3v) is 4.10. The van der Waals surface area contributed by atoms with Crippen LogP contribution in [0.15, 0.2) is 12.5 Å². The van der Waals surface area contributed by atoms with Crippen LogP contribution in [-0.4, -0.2) is 33.5 Å². The average Bonchev–Trinajstić information content (AvgIpc) is 2.83. The predicted octanol–water partition coefficient (Wildman–Crippen LogP) is 2.02. The summed E-state index contributed by atoms with van der Waals surface area (Å²) in [5.74, 6) is 2.43. The molecule has 0 saturated heterocycles. The van der Waals surface area contributed by atoms with Gasteiger partial charge < -0.3 is 16.0 Å². The van der Waals surface area contributed by atoms with Crippen molar-refractivity contribution in [1.82, 2.24) is 20.3 Å². The lowest BCUT2D eigenvalue weighted by atomic mass is 10.1. The average molecular weight is 279 g/mol. The molecule has 2 rings (SSSR count). The Balaban J connectivity index is 1.97. The van der Waals surface area contributed by atoms with Gasteiger partial charge in [0.2, 0.25) is 0 Å². The van der Waals surface area contributed by atoms with Crippen LogP contribution in [0.4, 0.5) is 5.82 Å². The summed E-state index contributed by atoms with van der Waals surface area (Å²) in [6.45, 7) is 4.08.